The standard InChI is InChI=1S/C33H35N5O8S/c1-21-9-6-7-12-25(21)35-33(42)36-26-15-14-22(17-29(26)45-2)18-30(39)38-16-8-13-28(38)31-34-23(20-46-31)19-27(32(40)41)37-47(43,44)24-10-4-3-5-11-24/h3-7,9-12,14-15,17,20,27-28,37H,8,13,16,18-19H2,1-2H3,(H,40,41)(H2,35,36,42). The molecule has 1 aliphatic heterocycles. The number of carbonyl (C=O) groups excluding carboxylic acids is 2. The molecular formula is C33H35N5O8S. The van der Waals surface area contributed by atoms with Gasteiger partial charge in [0.1, 0.15) is 24.1 Å². The molecule has 0 saturated carbocycles. The van der Waals surface area contributed by atoms with Gasteiger partial charge in [-0.15, -0.1) is 0 Å². The molecule has 3 aromatic carbocycles. The number of carboxylic acids is 1. The summed E-state index contributed by atoms with van der Waals surface area (Å²) in [6, 6.07) is 17.6. The second-order valence-corrected chi connectivity index (χ2v) is 12.8. The molecule has 2 heterocycles. The number of aryl methyl sites for hydroxylation is 1. The molecule has 2 unspecified atom stereocenters. The maximum atomic E-state index is 13.4. The van der Waals surface area contributed by atoms with Crippen LogP contribution in [0, 0.1) is 6.92 Å². The molecule has 1 saturated heterocycles. The van der Waals surface area contributed by atoms with Crippen LogP contribution in [0.4, 0.5) is 16.2 Å². The largest absolute Gasteiger partial charge is 0.495 e. The van der Waals surface area contributed by atoms with Crippen molar-refractivity contribution >= 4 is 39.3 Å². The van der Waals surface area contributed by atoms with E-state index in [1.165, 1.54) is 25.5 Å². The number of carbonyl (C=O) groups is 3. The summed E-state index contributed by atoms with van der Waals surface area (Å²) in [4.78, 5) is 44.0. The van der Waals surface area contributed by atoms with Gasteiger partial charge in [-0.1, -0.05) is 42.5 Å². The molecule has 0 spiro atoms. The fourth-order valence-electron chi connectivity index (χ4n) is 5.35. The van der Waals surface area contributed by atoms with Crippen LogP contribution in [0.2, 0.25) is 0 Å². The monoisotopic (exact) mass is 661 g/mol. The van der Waals surface area contributed by atoms with E-state index in [0.717, 1.165) is 5.56 Å². The van der Waals surface area contributed by atoms with Crippen molar-refractivity contribution in [3.8, 4) is 5.75 Å². The minimum absolute atomic E-state index is 0.0540. The van der Waals surface area contributed by atoms with Gasteiger partial charge >= 0.3 is 12.0 Å². The van der Waals surface area contributed by atoms with E-state index in [9.17, 15) is 27.9 Å². The first-order valence-corrected chi connectivity index (χ1v) is 16.4. The van der Waals surface area contributed by atoms with Crippen molar-refractivity contribution in [2.24, 2.45) is 0 Å². The van der Waals surface area contributed by atoms with Gasteiger partial charge in [-0.05, 0) is 61.2 Å². The van der Waals surface area contributed by atoms with Crippen LogP contribution in [0.1, 0.15) is 41.6 Å². The van der Waals surface area contributed by atoms with E-state index < -0.39 is 34.1 Å². The summed E-state index contributed by atoms with van der Waals surface area (Å²) < 4.78 is 38.8. The molecule has 1 aromatic heterocycles. The maximum Gasteiger partial charge on any atom is 0.323 e. The van der Waals surface area contributed by atoms with E-state index in [1.54, 1.807) is 47.4 Å². The number of hydrogen-bond acceptors (Lipinski definition) is 8. The summed E-state index contributed by atoms with van der Waals surface area (Å²) in [5.41, 5.74) is 2.94. The van der Waals surface area contributed by atoms with Gasteiger partial charge in [0.05, 0.1) is 29.8 Å². The average molecular weight is 662 g/mol. The molecule has 246 valence electrons. The van der Waals surface area contributed by atoms with Crippen LogP contribution in [0.3, 0.4) is 0 Å². The summed E-state index contributed by atoms with van der Waals surface area (Å²) in [6.07, 6.45) is 2.39. The van der Waals surface area contributed by atoms with Gasteiger partial charge < -0.3 is 29.8 Å². The topological polar surface area (TPSA) is 180 Å². The highest BCUT2D eigenvalue weighted by atomic mass is 32.2. The minimum atomic E-state index is -4.09. The van der Waals surface area contributed by atoms with Crippen LogP contribution < -0.4 is 20.1 Å². The number of rotatable bonds is 12. The first kappa shape index (κ1) is 33.2. The Morgan fingerprint density at radius 1 is 1.04 bits per heavy atom. The summed E-state index contributed by atoms with van der Waals surface area (Å²) in [7, 11) is -2.61. The fourth-order valence-corrected chi connectivity index (χ4v) is 6.56. The van der Waals surface area contributed by atoms with Gasteiger partial charge in [0, 0.05) is 18.7 Å². The number of para-hydroxylation sites is 1. The Morgan fingerprint density at radius 2 is 1.77 bits per heavy atom. The zero-order chi connectivity index (χ0) is 33.6. The molecule has 1 fully saturated rings. The highest BCUT2D eigenvalue weighted by Crippen LogP contribution is 2.33. The second kappa shape index (κ2) is 14.5. The molecule has 14 heteroatoms. The molecular weight excluding hydrogens is 626 g/mol. The van der Waals surface area contributed by atoms with Gasteiger partial charge in [-0.3, -0.25) is 9.59 Å². The molecule has 4 aromatic rings. The Kier molecular flexibility index (Phi) is 10.2. The van der Waals surface area contributed by atoms with Gasteiger partial charge in [-0.25, -0.2) is 18.2 Å². The maximum absolute atomic E-state index is 13.4. The number of anilines is 2. The SMILES string of the molecule is COc1cc(CC(=O)N2CCCC2c2nc(CC(NS(=O)(=O)c3ccccc3)C(=O)O)co2)ccc1NC(=O)Nc1ccccc1C. The lowest BCUT2D eigenvalue weighted by atomic mass is 10.1. The third kappa shape index (κ3) is 8.15. The lowest BCUT2D eigenvalue weighted by Crippen LogP contribution is -2.42. The van der Waals surface area contributed by atoms with E-state index in [4.69, 9.17) is 9.15 Å². The van der Waals surface area contributed by atoms with Crippen LogP contribution in [0.5, 0.6) is 5.75 Å². The van der Waals surface area contributed by atoms with Crippen LogP contribution in [-0.4, -0.2) is 61.0 Å². The lowest BCUT2D eigenvalue weighted by molar-refractivity contribution is -0.139. The Labute approximate surface area is 272 Å². The van der Waals surface area contributed by atoms with Crippen molar-refractivity contribution in [3.63, 3.8) is 0 Å². The van der Waals surface area contributed by atoms with Crippen LogP contribution in [0.15, 0.2) is 88.4 Å². The number of nitrogens with one attached hydrogen (secondary N) is 3. The molecule has 0 aliphatic carbocycles. The highest BCUT2D eigenvalue weighted by Gasteiger charge is 2.34. The summed E-state index contributed by atoms with van der Waals surface area (Å²) >= 11 is 0. The molecule has 2 atom stereocenters. The summed E-state index contributed by atoms with van der Waals surface area (Å²) in [6.45, 7) is 2.37. The van der Waals surface area contributed by atoms with Crippen LogP contribution >= 0.6 is 0 Å². The summed E-state index contributed by atoms with van der Waals surface area (Å²) in [5.74, 6) is -0.902. The first-order valence-electron chi connectivity index (χ1n) is 14.9. The average Bonchev–Trinajstić information content (AvgIpc) is 3.73. The van der Waals surface area contributed by atoms with Crippen molar-refractivity contribution in [1.82, 2.24) is 14.6 Å². The number of urea groups is 1. The van der Waals surface area contributed by atoms with Crippen molar-refractivity contribution in [2.75, 3.05) is 24.3 Å². The van der Waals surface area contributed by atoms with E-state index in [1.807, 2.05) is 25.1 Å². The number of hydrogen-bond donors (Lipinski definition) is 4. The van der Waals surface area contributed by atoms with Crippen LogP contribution in [-0.2, 0) is 32.5 Å². The Balaban J connectivity index is 1.22. The molecule has 3 amide bonds. The summed E-state index contributed by atoms with van der Waals surface area (Å²) in [5, 5.41) is 15.3. The number of nitrogens with zero attached hydrogens (tertiary/aromatic N) is 2. The normalized spacial score (nSPS) is 15.2. The molecule has 5 rings (SSSR count). The first-order chi connectivity index (χ1) is 22.5. The number of aliphatic carboxylic acids is 1. The van der Waals surface area contributed by atoms with Gasteiger partial charge in [0.2, 0.25) is 21.8 Å². The predicted molar refractivity (Wildman–Crippen MR) is 173 cm³/mol. The number of aromatic nitrogens is 1. The molecule has 4 N–H and O–H groups in total. The Hall–Kier alpha value is -5.21. The second-order valence-electron chi connectivity index (χ2n) is 11.1. The van der Waals surface area contributed by atoms with E-state index in [2.05, 4.69) is 20.3 Å². The van der Waals surface area contributed by atoms with Gasteiger partial charge in [0.15, 0.2) is 0 Å². The predicted octanol–water partition coefficient (Wildman–Crippen LogP) is 4.52. The molecule has 1 aliphatic rings. The number of amides is 3. The smallest absolute Gasteiger partial charge is 0.323 e. The number of sulfonamides is 1. The Morgan fingerprint density at radius 3 is 2.49 bits per heavy atom. The lowest BCUT2D eigenvalue weighted by Gasteiger charge is -2.22. The van der Waals surface area contributed by atoms with E-state index in [-0.39, 0.29) is 35.2 Å². The number of methoxy groups -OCH3 is 1. The number of carboxylic acid groups (broad SMARTS) is 1. The zero-order valence-electron chi connectivity index (χ0n) is 25.8. The molecule has 0 radical (unpaired) electrons. The quantitative estimate of drug-likeness (QED) is 0.170. The Bertz CT molecular complexity index is 1860. The van der Waals surface area contributed by atoms with Crippen molar-refractivity contribution < 1.29 is 37.1 Å². The van der Waals surface area contributed by atoms with Gasteiger partial charge in [-0.2, -0.15) is 4.72 Å². The number of ether oxygens (including phenoxy) is 1. The highest BCUT2D eigenvalue weighted by molar-refractivity contribution is 7.89. The number of benzene rings is 3. The third-order valence-corrected chi connectivity index (χ3v) is 9.24. The minimum Gasteiger partial charge on any atom is -0.495 e. The van der Waals surface area contributed by atoms with Crippen molar-refractivity contribution in [3.05, 3.63) is 102 Å². The van der Waals surface area contributed by atoms with Crippen LogP contribution in [0.25, 0.3) is 0 Å². The van der Waals surface area contributed by atoms with Gasteiger partial charge in [0.25, 0.3) is 0 Å². The third-order valence-electron chi connectivity index (χ3n) is 7.75. The number of oxazole rings is 1. The van der Waals surface area contributed by atoms with E-state index >= 15 is 0 Å². The molecule has 47 heavy (non-hydrogen) atoms. The van der Waals surface area contributed by atoms with Crippen molar-refractivity contribution in [1.29, 1.82) is 0 Å². The fraction of sp³-hybridized carbons (Fsp3) is 0.273. The number of likely N-dealkylation sites (tertiary alicyclic amines) is 1. The molecule has 0 bridgehead atoms. The zero-order valence-corrected chi connectivity index (χ0v) is 26.6. The van der Waals surface area contributed by atoms with E-state index in [0.29, 0.717) is 42.1 Å². The molecule has 13 nitrogen and oxygen atoms in total. The van der Waals surface area contributed by atoms with Crippen molar-refractivity contribution in [2.45, 2.75) is 49.6 Å².